The fourth-order valence-corrected chi connectivity index (χ4v) is 4.70. The highest BCUT2D eigenvalue weighted by Crippen LogP contribution is 2.31. The first-order valence-electron chi connectivity index (χ1n) is 9.20. The summed E-state index contributed by atoms with van der Waals surface area (Å²) in [5, 5.41) is 4.65. The Balaban J connectivity index is 1.48. The van der Waals surface area contributed by atoms with Gasteiger partial charge >= 0.3 is 0 Å². The van der Waals surface area contributed by atoms with Crippen molar-refractivity contribution in [1.29, 1.82) is 0 Å². The second-order valence-electron chi connectivity index (χ2n) is 6.90. The van der Waals surface area contributed by atoms with Gasteiger partial charge in [-0.15, -0.1) is 0 Å². The Morgan fingerprint density at radius 2 is 2.07 bits per heavy atom. The van der Waals surface area contributed by atoms with Crippen molar-refractivity contribution in [2.45, 2.75) is 16.7 Å². The van der Waals surface area contributed by atoms with Crippen LogP contribution >= 0.6 is 11.8 Å². The Hall–Kier alpha value is -2.85. The first-order chi connectivity index (χ1) is 14.3. The third kappa shape index (κ3) is 4.49. The molecule has 4 rings (SSSR count). The first-order valence-corrected chi connectivity index (χ1v) is 12.0. The number of carbonyl (C=O) groups is 1. The molecule has 156 valence electrons. The maximum atomic E-state index is 11.6. The third-order valence-electron chi connectivity index (χ3n) is 4.56. The van der Waals surface area contributed by atoms with Crippen LogP contribution in [0.4, 0.5) is 0 Å². The number of aromatic nitrogens is 2. The molecule has 3 aromatic rings. The third-order valence-corrected chi connectivity index (χ3v) is 6.78. The van der Waals surface area contributed by atoms with Gasteiger partial charge in [0.05, 0.1) is 18.4 Å². The average molecular weight is 445 g/mol. The summed E-state index contributed by atoms with van der Waals surface area (Å²) in [6.07, 6.45) is 2.94. The first kappa shape index (κ1) is 20.4. The molecule has 1 amide bonds. The lowest BCUT2D eigenvalue weighted by atomic mass is 10.2. The van der Waals surface area contributed by atoms with Gasteiger partial charge < -0.3 is 15.0 Å². The highest BCUT2D eigenvalue weighted by molar-refractivity contribution is 8.15. The van der Waals surface area contributed by atoms with E-state index in [4.69, 9.17) is 4.74 Å². The summed E-state index contributed by atoms with van der Waals surface area (Å²) in [7, 11) is -1.71. The van der Waals surface area contributed by atoms with E-state index in [2.05, 4.69) is 20.3 Å². The second-order valence-corrected chi connectivity index (χ2v) is 10.2. The molecule has 1 unspecified atom stereocenters. The van der Waals surface area contributed by atoms with Gasteiger partial charge in [-0.25, -0.2) is 13.4 Å². The molecule has 0 saturated heterocycles. The second kappa shape index (κ2) is 8.11. The van der Waals surface area contributed by atoms with Gasteiger partial charge in [0.15, 0.2) is 14.9 Å². The van der Waals surface area contributed by atoms with Crippen LogP contribution in [0.2, 0.25) is 0 Å². The quantitative estimate of drug-likeness (QED) is 0.604. The van der Waals surface area contributed by atoms with Crippen LogP contribution in [0.15, 0.2) is 52.6 Å². The van der Waals surface area contributed by atoms with Gasteiger partial charge in [0, 0.05) is 35.9 Å². The number of rotatable bonds is 6. The Kier molecular flexibility index (Phi) is 5.52. The van der Waals surface area contributed by atoms with Crippen molar-refractivity contribution in [2.75, 3.05) is 19.8 Å². The minimum Gasteiger partial charge on any atom is -0.456 e. The summed E-state index contributed by atoms with van der Waals surface area (Å²) in [5.74, 6) is 1.08. The van der Waals surface area contributed by atoms with Crippen molar-refractivity contribution in [3.05, 3.63) is 48.3 Å². The summed E-state index contributed by atoms with van der Waals surface area (Å²) in [6.45, 7) is 0.619. The zero-order valence-electron chi connectivity index (χ0n) is 16.4. The number of nitrogens with zero attached hydrogens (tertiary/aromatic N) is 2. The number of H-pyrrole nitrogens is 1. The molecule has 2 aromatic heterocycles. The van der Waals surface area contributed by atoms with E-state index < -0.39 is 9.84 Å². The van der Waals surface area contributed by atoms with Crippen LogP contribution in [0, 0.1) is 0 Å². The van der Waals surface area contributed by atoms with Gasteiger partial charge in [-0.2, -0.15) is 0 Å². The molecule has 0 bridgehead atoms. The zero-order valence-corrected chi connectivity index (χ0v) is 18.0. The van der Waals surface area contributed by atoms with Crippen molar-refractivity contribution in [1.82, 2.24) is 15.3 Å². The lowest BCUT2D eigenvalue weighted by Crippen LogP contribution is -2.22. The van der Waals surface area contributed by atoms with E-state index in [0.29, 0.717) is 24.5 Å². The fraction of sp³-hybridized carbons (Fsp3) is 0.250. The summed E-state index contributed by atoms with van der Waals surface area (Å²) in [5.41, 5.74) is 1.85. The van der Waals surface area contributed by atoms with Crippen LogP contribution in [0.1, 0.15) is 12.1 Å². The van der Waals surface area contributed by atoms with Gasteiger partial charge in [-0.05, 0) is 36.4 Å². The topological polar surface area (TPSA) is 114 Å². The molecular weight excluding hydrogens is 424 g/mol. The van der Waals surface area contributed by atoms with Gasteiger partial charge in [0.2, 0.25) is 5.91 Å². The van der Waals surface area contributed by atoms with Gasteiger partial charge in [-0.3, -0.25) is 9.79 Å². The Labute approximate surface area is 178 Å². The van der Waals surface area contributed by atoms with Gasteiger partial charge in [-0.1, -0.05) is 11.8 Å². The number of sulfone groups is 1. The number of hydrogen-bond donors (Lipinski definition) is 2. The van der Waals surface area contributed by atoms with E-state index in [1.54, 1.807) is 24.9 Å². The summed E-state index contributed by atoms with van der Waals surface area (Å²) in [4.78, 5) is 23.4. The van der Waals surface area contributed by atoms with E-state index in [1.807, 2.05) is 24.3 Å². The number of hydrogen-bond acceptors (Lipinski definition) is 7. The minimum absolute atomic E-state index is 0.00476. The van der Waals surface area contributed by atoms with Crippen molar-refractivity contribution in [3.63, 3.8) is 0 Å². The van der Waals surface area contributed by atoms with Crippen LogP contribution in [-0.2, 0) is 14.6 Å². The number of amides is 1. The number of carbonyl (C=O) groups excluding carboxylic acids is 1. The molecular formula is C20H20N4O4S2. The molecule has 0 radical (unpaired) electrons. The molecule has 0 aliphatic carbocycles. The van der Waals surface area contributed by atoms with Crippen LogP contribution in [0.5, 0.6) is 11.5 Å². The van der Waals surface area contributed by atoms with E-state index in [-0.39, 0.29) is 16.2 Å². The Bertz CT molecular complexity index is 1230. The van der Waals surface area contributed by atoms with Crippen LogP contribution in [0.25, 0.3) is 10.9 Å². The molecule has 30 heavy (non-hydrogen) atoms. The molecule has 10 heteroatoms. The monoisotopic (exact) mass is 444 g/mol. The van der Waals surface area contributed by atoms with Crippen molar-refractivity contribution in [2.24, 2.45) is 4.99 Å². The summed E-state index contributed by atoms with van der Waals surface area (Å²) in [6, 6.07) is 10.6. The number of aliphatic imine (C=N–C) groups is 1. The maximum absolute atomic E-state index is 11.6. The lowest BCUT2D eigenvalue weighted by Gasteiger charge is -2.06. The van der Waals surface area contributed by atoms with Crippen LogP contribution in [-0.4, -0.2) is 54.4 Å². The predicted octanol–water partition coefficient (Wildman–Crippen LogP) is 2.76. The van der Waals surface area contributed by atoms with Gasteiger partial charge in [0.25, 0.3) is 0 Å². The highest BCUT2D eigenvalue weighted by Gasteiger charge is 2.24. The van der Waals surface area contributed by atoms with Crippen LogP contribution < -0.4 is 10.1 Å². The largest absolute Gasteiger partial charge is 0.456 e. The van der Waals surface area contributed by atoms with Crippen molar-refractivity contribution >= 4 is 43.5 Å². The van der Waals surface area contributed by atoms with E-state index >= 15 is 0 Å². The number of pyridine rings is 1. The average Bonchev–Trinajstić information content (AvgIpc) is 3.34. The fourth-order valence-electron chi connectivity index (χ4n) is 3.05. The number of fused-ring (bicyclic) bond motifs is 1. The number of ether oxygens (including phenoxy) is 1. The minimum atomic E-state index is -3.35. The molecule has 0 fully saturated rings. The molecule has 1 aliphatic heterocycles. The SMILES string of the molecule is CNC(=O)CC1CN=C(c2cc3cc(Oc4ccc(S(C)(=O)=O)nc4)ccc3[nH]2)S1. The number of aromatic amines is 1. The molecule has 0 spiro atoms. The molecule has 1 aromatic carbocycles. The normalized spacial score (nSPS) is 16.5. The predicted molar refractivity (Wildman–Crippen MR) is 117 cm³/mol. The molecule has 3 heterocycles. The zero-order chi connectivity index (χ0) is 21.3. The Morgan fingerprint density at radius 3 is 2.77 bits per heavy atom. The number of benzene rings is 1. The van der Waals surface area contributed by atoms with Crippen molar-refractivity contribution < 1.29 is 17.9 Å². The molecule has 8 nitrogen and oxygen atoms in total. The molecule has 2 N–H and O–H groups in total. The Morgan fingerprint density at radius 1 is 1.27 bits per heavy atom. The van der Waals surface area contributed by atoms with Gasteiger partial charge in [0.1, 0.15) is 16.5 Å². The molecule has 0 saturated carbocycles. The standard InChI is InChI=1S/C20H20N4O4S2/c1-21-18(25)9-15-11-23-20(29-15)17-8-12-7-13(3-5-16(12)24-17)28-14-4-6-19(22-10-14)30(2,26)27/h3-8,10,15,24H,9,11H2,1-2H3,(H,21,25). The van der Waals surface area contributed by atoms with E-state index in [0.717, 1.165) is 27.9 Å². The number of nitrogens with one attached hydrogen (secondary N) is 2. The van der Waals surface area contributed by atoms with E-state index in [9.17, 15) is 13.2 Å². The number of thioether (sulfide) groups is 1. The molecule has 1 aliphatic rings. The smallest absolute Gasteiger partial charge is 0.220 e. The molecule has 1 atom stereocenters. The maximum Gasteiger partial charge on any atom is 0.220 e. The lowest BCUT2D eigenvalue weighted by molar-refractivity contribution is -0.120. The van der Waals surface area contributed by atoms with Crippen LogP contribution in [0.3, 0.4) is 0 Å². The summed E-state index contributed by atoms with van der Waals surface area (Å²) < 4.78 is 28.8. The summed E-state index contributed by atoms with van der Waals surface area (Å²) >= 11 is 1.60. The van der Waals surface area contributed by atoms with Crippen molar-refractivity contribution in [3.8, 4) is 11.5 Å². The highest BCUT2D eigenvalue weighted by atomic mass is 32.2. The van der Waals surface area contributed by atoms with E-state index in [1.165, 1.54) is 12.3 Å².